The van der Waals surface area contributed by atoms with E-state index in [4.69, 9.17) is 10.8 Å². The average Bonchev–Trinajstić information content (AvgIpc) is 2.26. The van der Waals surface area contributed by atoms with Crippen molar-refractivity contribution in [2.45, 2.75) is 6.42 Å². The summed E-state index contributed by atoms with van der Waals surface area (Å²) in [7, 11) is 1.28. The first-order valence-electron chi connectivity index (χ1n) is 4.90. The first-order chi connectivity index (χ1) is 8.02. The van der Waals surface area contributed by atoms with E-state index in [-0.39, 0.29) is 6.42 Å². The number of methoxy groups -OCH3 is 1. The van der Waals surface area contributed by atoms with Gasteiger partial charge >= 0.3 is 11.9 Å². The van der Waals surface area contributed by atoms with Crippen LogP contribution in [0.4, 0.5) is 5.69 Å². The number of ether oxygens (including phenoxy) is 1. The van der Waals surface area contributed by atoms with E-state index < -0.39 is 11.9 Å². The first kappa shape index (κ1) is 12.8. The highest BCUT2D eigenvalue weighted by Gasteiger charge is 2.06. The monoisotopic (exact) mass is 235 g/mol. The van der Waals surface area contributed by atoms with Crippen LogP contribution in [0.3, 0.4) is 0 Å². The van der Waals surface area contributed by atoms with E-state index in [0.717, 1.165) is 0 Å². The fourth-order valence-electron chi connectivity index (χ4n) is 1.30. The molecular weight excluding hydrogens is 222 g/mol. The van der Waals surface area contributed by atoms with Crippen molar-refractivity contribution >= 4 is 23.7 Å². The first-order valence-corrected chi connectivity index (χ1v) is 4.90. The number of anilines is 1. The fourth-order valence-corrected chi connectivity index (χ4v) is 1.30. The zero-order valence-corrected chi connectivity index (χ0v) is 9.34. The number of esters is 1. The Hall–Kier alpha value is -2.30. The number of hydrogen-bond acceptors (Lipinski definition) is 4. The van der Waals surface area contributed by atoms with Crippen LogP contribution in [0.15, 0.2) is 24.3 Å². The van der Waals surface area contributed by atoms with E-state index >= 15 is 0 Å². The molecule has 0 amide bonds. The van der Waals surface area contributed by atoms with Crippen LogP contribution in [-0.2, 0) is 9.53 Å². The second kappa shape index (κ2) is 5.69. The molecule has 3 N–H and O–H groups in total. The van der Waals surface area contributed by atoms with E-state index in [1.807, 2.05) is 0 Å². The molecule has 0 radical (unpaired) electrons. The standard InChI is InChI=1S/C12H13NO4/c1-17-12(16)9-5-8(6-10(13)7-9)3-2-4-11(14)15/h2-3,5-7H,4,13H2,1H3,(H,14,15). The maximum Gasteiger partial charge on any atom is 0.337 e. The van der Waals surface area contributed by atoms with E-state index in [2.05, 4.69) is 4.74 Å². The van der Waals surface area contributed by atoms with Crippen molar-refractivity contribution < 1.29 is 19.4 Å². The highest BCUT2D eigenvalue weighted by molar-refractivity contribution is 5.91. The lowest BCUT2D eigenvalue weighted by Gasteiger charge is -2.03. The fraction of sp³-hybridized carbons (Fsp3) is 0.167. The van der Waals surface area contributed by atoms with Crippen molar-refractivity contribution in [1.29, 1.82) is 0 Å². The lowest BCUT2D eigenvalue weighted by Crippen LogP contribution is -2.02. The molecule has 0 aliphatic rings. The maximum atomic E-state index is 11.3. The van der Waals surface area contributed by atoms with Crippen LogP contribution in [0.5, 0.6) is 0 Å². The molecule has 5 heteroatoms. The second-order valence-corrected chi connectivity index (χ2v) is 3.38. The van der Waals surface area contributed by atoms with Crippen molar-refractivity contribution in [1.82, 2.24) is 0 Å². The number of nitrogen functional groups attached to an aromatic ring is 1. The third-order valence-electron chi connectivity index (χ3n) is 2.00. The molecule has 5 nitrogen and oxygen atoms in total. The molecule has 0 aliphatic heterocycles. The molecule has 0 atom stereocenters. The number of carbonyl (C=O) groups excluding carboxylic acids is 1. The Morgan fingerprint density at radius 3 is 2.71 bits per heavy atom. The molecule has 0 saturated heterocycles. The molecular formula is C12H13NO4. The van der Waals surface area contributed by atoms with Gasteiger partial charge in [-0.25, -0.2) is 4.79 Å². The normalized spacial score (nSPS) is 10.4. The zero-order chi connectivity index (χ0) is 12.8. The number of carboxylic acid groups (broad SMARTS) is 1. The van der Waals surface area contributed by atoms with Gasteiger partial charge in [0.05, 0.1) is 19.1 Å². The molecule has 0 fully saturated rings. The Morgan fingerprint density at radius 2 is 2.12 bits per heavy atom. The number of carbonyl (C=O) groups is 2. The summed E-state index contributed by atoms with van der Waals surface area (Å²) in [5.41, 5.74) is 7.04. The number of rotatable bonds is 4. The van der Waals surface area contributed by atoms with Gasteiger partial charge in [0, 0.05) is 5.69 Å². The molecule has 1 aromatic carbocycles. The third kappa shape index (κ3) is 3.98. The highest BCUT2D eigenvalue weighted by atomic mass is 16.5. The smallest absolute Gasteiger partial charge is 0.337 e. The summed E-state index contributed by atoms with van der Waals surface area (Å²) >= 11 is 0. The molecule has 1 rings (SSSR count). The minimum absolute atomic E-state index is 0.0810. The minimum atomic E-state index is -0.918. The van der Waals surface area contributed by atoms with Crippen LogP contribution >= 0.6 is 0 Å². The van der Waals surface area contributed by atoms with Gasteiger partial charge in [-0.15, -0.1) is 0 Å². The zero-order valence-electron chi connectivity index (χ0n) is 9.34. The summed E-state index contributed by atoms with van der Waals surface area (Å²) in [5, 5.41) is 8.48. The molecule has 0 aromatic heterocycles. The topological polar surface area (TPSA) is 89.6 Å². The van der Waals surface area contributed by atoms with Gasteiger partial charge in [0.15, 0.2) is 0 Å². The van der Waals surface area contributed by atoms with Crippen molar-refractivity contribution in [3.8, 4) is 0 Å². The van der Waals surface area contributed by atoms with Gasteiger partial charge in [-0.3, -0.25) is 4.79 Å². The molecule has 0 bridgehead atoms. The average molecular weight is 235 g/mol. The van der Waals surface area contributed by atoms with Crippen molar-refractivity contribution in [3.63, 3.8) is 0 Å². The molecule has 0 heterocycles. The number of aliphatic carboxylic acids is 1. The summed E-state index contributed by atoms with van der Waals surface area (Å²) in [6.45, 7) is 0. The van der Waals surface area contributed by atoms with E-state index in [1.165, 1.54) is 19.3 Å². The van der Waals surface area contributed by atoms with Crippen molar-refractivity contribution in [2.24, 2.45) is 0 Å². The minimum Gasteiger partial charge on any atom is -0.481 e. The molecule has 0 saturated carbocycles. The van der Waals surface area contributed by atoms with Crippen LogP contribution in [0, 0.1) is 0 Å². The molecule has 0 unspecified atom stereocenters. The van der Waals surface area contributed by atoms with Gasteiger partial charge in [0.25, 0.3) is 0 Å². The van der Waals surface area contributed by atoms with Crippen LogP contribution in [0.2, 0.25) is 0 Å². The van der Waals surface area contributed by atoms with Crippen molar-refractivity contribution in [2.75, 3.05) is 12.8 Å². The summed E-state index contributed by atoms with van der Waals surface area (Å²) in [5.74, 6) is -1.40. The maximum absolute atomic E-state index is 11.3. The lowest BCUT2D eigenvalue weighted by atomic mass is 10.1. The summed E-state index contributed by atoms with van der Waals surface area (Å²) in [6.07, 6.45) is 3.00. The number of benzene rings is 1. The van der Waals surface area contributed by atoms with E-state index in [1.54, 1.807) is 18.2 Å². The van der Waals surface area contributed by atoms with Gasteiger partial charge in [-0.1, -0.05) is 12.2 Å². The van der Waals surface area contributed by atoms with Crippen LogP contribution in [-0.4, -0.2) is 24.2 Å². The Bertz CT molecular complexity index is 466. The third-order valence-corrected chi connectivity index (χ3v) is 2.00. The quantitative estimate of drug-likeness (QED) is 0.610. The summed E-state index contributed by atoms with van der Waals surface area (Å²) in [6, 6.07) is 4.73. The molecule has 1 aromatic rings. The Morgan fingerprint density at radius 1 is 1.41 bits per heavy atom. The van der Waals surface area contributed by atoms with Crippen LogP contribution in [0.25, 0.3) is 6.08 Å². The number of carboxylic acids is 1. The molecule has 0 spiro atoms. The summed E-state index contributed by atoms with van der Waals surface area (Å²) < 4.78 is 4.58. The predicted molar refractivity (Wildman–Crippen MR) is 63.5 cm³/mol. The number of hydrogen-bond donors (Lipinski definition) is 2. The van der Waals surface area contributed by atoms with Crippen molar-refractivity contribution in [3.05, 3.63) is 35.4 Å². The predicted octanol–water partition coefficient (Wildman–Crippen LogP) is 1.54. The molecule has 17 heavy (non-hydrogen) atoms. The van der Waals surface area contributed by atoms with Gasteiger partial charge in [-0.05, 0) is 23.8 Å². The Kier molecular flexibility index (Phi) is 4.28. The highest BCUT2D eigenvalue weighted by Crippen LogP contribution is 2.14. The van der Waals surface area contributed by atoms with Gasteiger partial charge in [0.1, 0.15) is 0 Å². The van der Waals surface area contributed by atoms with Gasteiger partial charge < -0.3 is 15.6 Å². The van der Waals surface area contributed by atoms with E-state index in [9.17, 15) is 9.59 Å². The SMILES string of the molecule is COC(=O)c1cc(N)cc(C=CCC(=O)O)c1. The van der Waals surface area contributed by atoms with Crippen LogP contribution in [0.1, 0.15) is 22.3 Å². The second-order valence-electron chi connectivity index (χ2n) is 3.38. The number of nitrogens with two attached hydrogens (primary N) is 1. The molecule has 0 aliphatic carbocycles. The summed E-state index contributed by atoms with van der Waals surface area (Å²) in [4.78, 5) is 21.6. The Labute approximate surface area is 98.5 Å². The van der Waals surface area contributed by atoms with E-state index in [0.29, 0.717) is 16.8 Å². The van der Waals surface area contributed by atoms with Gasteiger partial charge in [0.2, 0.25) is 0 Å². The molecule has 90 valence electrons. The van der Waals surface area contributed by atoms with Crippen LogP contribution < -0.4 is 5.73 Å². The van der Waals surface area contributed by atoms with Gasteiger partial charge in [-0.2, -0.15) is 0 Å². The Balaban J connectivity index is 2.93. The lowest BCUT2D eigenvalue weighted by molar-refractivity contribution is -0.135. The largest absolute Gasteiger partial charge is 0.481 e.